The van der Waals surface area contributed by atoms with E-state index in [2.05, 4.69) is 32.0 Å². The Morgan fingerprint density at radius 3 is 2.57 bits per heavy atom. The van der Waals surface area contributed by atoms with E-state index < -0.39 is 0 Å². The summed E-state index contributed by atoms with van der Waals surface area (Å²) in [7, 11) is 0. The number of hydrogen-bond acceptors (Lipinski definition) is 1. The van der Waals surface area contributed by atoms with Crippen molar-refractivity contribution in [3.63, 3.8) is 0 Å². The van der Waals surface area contributed by atoms with Gasteiger partial charge < -0.3 is 5.11 Å². The molecule has 14 heavy (non-hydrogen) atoms. The van der Waals surface area contributed by atoms with Crippen LogP contribution in [-0.4, -0.2) is 5.11 Å². The smallest absolute Gasteiger partial charge is 0.119 e. The van der Waals surface area contributed by atoms with Gasteiger partial charge in [-0.25, -0.2) is 0 Å². The van der Waals surface area contributed by atoms with E-state index in [4.69, 9.17) is 0 Å². The molecular weight excluding hydrogens is 172 g/mol. The van der Waals surface area contributed by atoms with Gasteiger partial charge in [0.1, 0.15) is 5.75 Å². The zero-order valence-corrected chi connectivity index (χ0v) is 8.54. The zero-order valence-electron chi connectivity index (χ0n) is 8.54. The van der Waals surface area contributed by atoms with E-state index in [0.717, 1.165) is 17.4 Å². The third kappa shape index (κ3) is 1.46. The van der Waals surface area contributed by atoms with Crippen LogP contribution < -0.4 is 0 Å². The Kier molecular flexibility index (Phi) is 2.16. The van der Waals surface area contributed by atoms with Crippen LogP contribution in [-0.2, 0) is 6.42 Å². The van der Waals surface area contributed by atoms with Gasteiger partial charge in [-0.2, -0.15) is 0 Å². The van der Waals surface area contributed by atoms with Crippen LogP contribution in [0.3, 0.4) is 0 Å². The second-order valence-corrected chi connectivity index (χ2v) is 3.69. The van der Waals surface area contributed by atoms with E-state index >= 15 is 0 Å². The topological polar surface area (TPSA) is 20.2 Å². The van der Waals surface area contributed by atoms with Gasteiger partial charge in [-0.1, -0.05) is 30.7 Å². The van der Waals surface area contributed by atoms with Crippen LogP contribution in [0.1, 0.15) is 18.1 Å². The molecule has 1 N–H and O–H groups in total. The third-order valence-electron chi connectivity index (χ3n) is 2.57. The third-order valence-corrected chi connectivity index (χ3v) is 2.57. The maximum absolute atomic E-state index is 9.68. The van der Waals surface area contributed by atoms with Crippen molar-refractivity contribution in [2.75, 3.05) is 0 Å². The number of aryl methyl sites for hydroxylation is 2. The summed E-state index contributed by atoms with van der Waals surface area (Å²) in [4.78, 5) is 0. The minimum absolute atomic E-state index is 0.406. The first-order valence-corrected chi connectivity index (χ1v) is 4.93. The van der Waals surface area contributed by atoms with Gasteiger partial charge in [0.25, 0.3) is 0 Å². The molecule has 2 aromatic rings. The molecule has 2 aromatic carbocycles. The van der Waals surface area contributed by atoms with Gasteiger partial charge in [0.2, 0.25) is 0 Å². The van der Waals surface area contributed by atoms with Crippen molar-refractivity contribution in [3.8, 4) is 5.75 Å². The first kappa shape index (κ1) is 9.07. The minimum Gasteiger partial charge on any atom is -0.508 e. The Bertz CT molecular complexity index is 472. The fourth-order valence-electron chi connectivity index (χ4n) is 1.74. The lowest BCUT2D eigenvalue weighted by Crippen LogP contribution is -1.83. The van der Waals surface area contributed by atoms with E-state index in [0.29, 0.717) is 5.75 Å². The lowest BCUT2D eigenvalue weighted by Gasteiger charge is -2.05. The average molecular weight is 186 g/mol. The van der Waals surface area contributed by atoms with Gasteiger partial charge in [0.15, 0.2) is 0 Å². The second-order valence-electron chi connectivity index (χ2n) is 3.69. The van der Waals surface area contributed by atoms with Crippen LogP contribution in [0.25, 0.3) is 10.8 Å². The molecule has 1 nitrogen and oxygen atoms in total. The van der Waals surface area contributed by atoms with Crippen LogP contribution in [0.4, 0.5) is 0 Å². The molecule has 0 bridgehead atoms. The van der Waals surface area contributed by atoms with Crippen LogP contribution in [0.2, 0.25) is 0 Å². The SMILES string of the molecule is CCc1cc2cc(C)ccc2cc1O. The average Bonchev–Trinajstić information content (AvgIpc) is 2.17. The summed E-state index contributed by atoms with van der Waals surface area (Å²) in [6.07, 6.45) is 0.871. The number of rotatable bonds is 1. The molecule has 0 heterocycles. The lowest BCUT2D eigenvalue weighted by molar-refractivity contribution is 0.470. The van der Waals surface area contributed by atoms with Crippen LogP contribution >= 0.6 is 0 Å². The monoisotopic (exact) mass is 186 g/mol. The maximum Gasteiger partial charge on any atom is 0.119 e. The fraction of sp³-hybridized carbons (Fsp3) is 0.231. The van der Waals surface area contributed by atoms with Crippen LogP contribution in [0, 0.1) is 6.92 Å². The Balaban J connectivity index is 2.73. The molecule has 0 unspecified atom stereocenters. The van der Waals surface area contributed by atoms with E-state index in [9.17, 15) is 5.11 Å². The van der Waals surface area contributed by atoms with Crippen LogP contribution in [0.15, 0.2) is 30.3 Å². The largest absolute Gasteiger partial charge is 0.508 e. The van der Waals surface area contributed by atoms with Crippen molar-refractivity contribution >= 4 is 10.8 Å². The second kappa shape index (κ2) is 3.33. The first-order valence-electron chi connectivity index (χ1n) is 4.93. The summed E-state index contributed by atoms with van der Waals surface area (Å²) in [5, 5.41) is 12.0. The van der Waals surface area contributed by atoms with Crippen molar-refractivity contribution in [2.24, 2.45) is 0 Å². The van der Waals surface area contributed by atoms with E-state index in [1.165, 1.54) is 10.9 Å². The van der Waals surface area contributed by atoms with Gasteiger partial charge in [0.05, 0.1) is 0 Å². The minimum atomic E-state index is 0.406. The normalized spacial score (nSPS) is 10.7. The zero-order chi connectivity index (χ0) is 10.1. The molecule has 2 rings (SSSR count). The molecule has 0 amide bonds. The number of fused-ring (bicyclic) bond motifs is 1. The molecule has 0 atom stereocenters. The summed E-state index contributed by atoms with van der Waals surface area (Å²) in [5.41, 5.74) is 2.27. The molecule has 0 radical (unpaired) electrons. The molecule has 0 fully saturated rings. The highest BCUT2D eigenvalue weighted by Crippen LogP contribution is 2.25. The quantitative estimate of drug-likeness (QED) is 0.723. The summed E-state index contributed by atoms with van der Waals surface area (Å²) < 4.78 is 0. The Labute approximate surface area is 84.0 Å². The predicted molar refractivity (Wildman–Crippen MR) is 59.7 cm³/mol. The fourth-order valence-corrected chi connectivity index (χ4v) is 1.74. The molecule has 0 saturated heterocycles. The van der Waals surface area contributed by atoms with Gasteiger partial charge in [-0.3, -0.25) is 0 Å². The molecule has 0 aromatic heterocycles. The van der Waals surface area contributed by atoms with Crippen molar-refractivity contribution in [1.82, 2.24) is 0 Å². The van der Waals surface area contributed by atoms with Crippen molar-refractivity contribution in [1.29, 1.82) is 0 Å². The highest BCUT2D eigenvalue weighted by Gasteiger charge is 2.01. The summed E-state index contributed by atoms with van der Waals surface area (Å²) in [6, 6.07) is 10.2. The highest BCUT2D eigenvalue weighted by molar-refractivity contribution is 5.85. The van der Waals surface area contributed by atoms with Crippen LogP contribution in [0.5, 0.6) is 5.75 Å². The van der Waals surface area contributed by atoms with Gasteiger partial charge in [-0.05, 0) is 41.8 Å². The van der Waals surface area contributed by atoms with E-state index in [1.807, 2.05) is 12.1 Å². The first-order chi connectivity index (χ1) is 6.70. The van der Waals surface area contributed by atoms with Crippen molar-refractivity contribution in [2.45, 2.75) is 20.3 Å². The number of aromatic hydroxyl groups is 1. The maximum atomic E-state index is 9.68. The lowest BCUT2D eigenvalue weighted by atomic mass is 10.0. The molecule has 0 saturated carbocycles. The highest BCUT2D eigenvalue weighted by atomic mass is 16.3. The van der Waals surface area contributed by atoms with E-state index in [-0.39, 0.29) is 0 Å². The Hall–Kier alpha value is -1.50. The summed E-state index contributed by atoms with van der Waals surface area (Å²) >= 11 is 0. The number of benzene rings is 2. The summed E-state index contributed by atoms with van der Waals surface area (Å²) in [6.45, 7) is 4.13. The summed E-state index contributed by atoms with van der Waals surface area (Å²) in [5.74, 6) is 0.406. The standard InChI is InChI=1S/C13H14O/c1-3-10-7-12-6-9(2)4-5-11(12)8-13(10)14/h4-8,14H,3H2,1-2H3. The molecular formula is C13H14O. The number of phenols is 1. The molecule has 0 spiro atoms. The van der Waals surface area contributed by atoms with Gasteiger partial charge in [-0.15, -0.1) is 0 Å². The molecule has 72 valence electrons. The molecule has 0 aliphatic rings. The van der Waals surface area contributed by atoms with Crippen molar-refractivity contribution in [3.05, 3.63) is 41.5 Å². The van der Waals surface area contributed by atoms with Crippen molar-refractivity contribution < 1.29 is 5.11 Å². The van der Waals surface area contributed by atoms with Gasteiger partial charge in [0, 0.05) is 0 Å². The number of phenolic OH excluding ortho intramolecular Hbond substituents is 1. The van der Waals surface area contributed by atoms with Gasteiger partial charge >= 0.3 is 0 Å². The Morgan fingerprint density at radius 1 is 1.07 bits per heavy atom. The Morgan fingerprint density at radius 2 is 1.86 bits per heavy atom. The predicted octanol–water partition coefficient (Wildman–Crippen LogP) is 3.42. The molecule has 0 aliphatic heterocycles. The molecule has 1 heteroatoms. The van der Waals surface area contributed by atoms with E-state index in [1.54, 1.807) is 0 Å². The number of hydrogen-bond donors (Lipinski definition) is 1. The molecule has 0 aliphatic carbocycles.